The van der Waals surface area contributed by atoms with Crippen molar-refractivity contribution in [2.24, 2.45) is 0 Å². The third-order valence-corrected chi connectivity index (χ3v) is 7.59. The second kappa shape index (κ2) is 21.8. The highest BCUT2D eigenvalue weighted by molar-refractivity contribution is 7.47. The summed E-state index contributed by atoms with van der Waals surface area (Å²) in [4.78, 5) is 9.80. The van der Waals surface area contributed by atoms with Crippen LogP contribution in [0.5, 0.6) is 0 Å². The van der Waals surface area contributed by atoms with Crippen molar-refractivity contribution in [3.05, 3.63) is 0 Å². The summed E-state index contributed by atoms with van der Waals surface area (Å²) in [6.45, 7) is 3.98. The minimum atomic E-state index is -4.05. The zero-order valence-corrected chi connectivity index (χ0v) is 24.7. The quantitative estimate of drug-likeness (QED) is 0.0875. The predicted molar refractivity (Wildman–Crippen MR) is 146 cm³/mol. The van der Waals surface area contributed by atoms with Crippen molar-refractivity contribution in [2.75, 3.05) is 54.1 Å². The molecule has 1 aliphatic rings. The van der Waals surface area contributed by atoms with Gasteiger partial charge in [-0.1, -0.05) is 103 Å². The van der Waals surface area contributed by atoms with Crippen LogP contribution < -0.4 is 0 Å². The van der Waals surface area contributed by atoms with Crippen molar-refractivity contribution in [3.8, 4) is 0 Å². The van der Waals surface area contributed by atoms with E-state index in [0.717, 1.165) is 6.42 Å². The molecule has 1 rings (SSSR count). The van der Waals surface area contributed by atoms with E-state index in [2.05, 4.69) is 6.92 Å². The summed E-state index contributed by atoms with van der Waals surface area (Å²) >= 11 is 0. The molecule has 36 heavy (non-hydrogen) atoms. The van der Waals surface area contributed by atoms with E-state index in [0.29, 0.717) is 24.2 Å². The highest BCUT2D eigenvalue weighted by atomic mass is 31.2. The number of likely N-dealkylation sites (N-methyl/N-ethyl adjacent to an activating group) is 1. The standard InChI is InChI=1S/C27H56NO6P.H2O/c1-5-6-7-8-9-10-11-12-13-14-15-16-17-18-19-20-26-23-32-27(24-31-26)25-34-35(29,30)33-22-21-28(2,3)4;/h26-27H,5-25H2,1-4H3;1H2/t26-,27+;/m0./s1. The first kappa shape index (κ1) is 35.9. The Morgan fingerprint density at radius 1 is 0.750 bits per heavy atom. The van der Waals surface area contributed by atoms with Gasteiger partial charge in [0.2, 0.25) is 0 Å². The van der Waals surface area contributed by atoms with Crippen LogP contribution in [0.25, 0.3) is 0 Å². The fourth-order valence-corrected chi connectivity index (χ4v) is 4.98. The zero-order valence-electron chi connectivity index (χ0n) is 23.8. The lowest BCUT2D eigenvalue weighted by atomic mass is 10.0. The number of phosphoric acid groups is 1. The molecule has 0 aromatic heterocycles. The van der Waals surface area contributed by atoms with Gasteiger partial charge in [-0.25, -0.2) is 4.57 Å². The van der Waals surface area contributed by atoms with Gasteiger partial charge in [-0.05, 0) is 6.42 Å². The summed E-state index contributed by atoms with van der Waals surface area (Å²) in [6, 6.07) is 0. The number of ether oxygens (including phenoxy) is 2. The molecule has 3 atom stereocenters. The fourth-order valence-electron chi connectivity index (χ4n) is 4.23. The predicted octanol–water partition coefficient (Wildman–Crippen LogP) is 6.69. The van der Waals surface area contributed by atoms with Gasteiger partial charge in [-0.2, -0.15) is 0 Å². The highest BCUT2D eigenvalue weighted by Crippen LogP contribution is 2.43. The molecule has 0 bridgehead atoms. The van der Waals surface area contributed by atoms with Crippen molar-refractivity contribution >= 4 is 7.82 Å². The van der Waals surface area contributed by atoms with Gasteiger partial charge in [0.05, 0.1) is 47.1 Å². The maximum Gasteiger partial charge on any atom is 0.472 e. The molecule has 9 heteroatoms. The molecule has 2 N–H and O–H groups in total. The third kappa shape index (κ3) is 22.0. The molecule has 0 spiro atoms. The van der Waals surface area contributed by atoms with Crippen LogP contribution in [0.1, 0.15) is 110 Å². The smallest absolute Gasteiger partial charge is 0.472 e. The Balaban J connectivity index is 0.0000122. The van der Waals surface area contributed by atoms with Crippen molar-refractivity contribution in [2.45, 2.75) is 122 Å². The molecule has 0 amide bonds. The van der Waals surface area contributed by atoms with Crippen LogP contribution in [0.15, 0.2) is 0 Å². The number of rotatable bonds is 23. The highest BCUT2D eigenvalue weighted by Gasteiger charge is 2.28. The average molecular weight is 540 g/mol. The van der Waals surface area contributed by atoms with Gasteiger partial charge < -0.3 is 24.3 Å². The van der Waals surface area contributed by atoms with E-state index < -0.39 is 7.82 Å². The minimum absolute atomic E-state index is 0. The van der Waals surface area contributed by atoms with Gasteiger partial charge >= 0.3 is 7.82 Å². The van der Waals surface area contributed by atoms with Gasteiger partial charge in [-0.3, -0.25) is 9.05 Å². The average Bonchev–Trinajstić information content (AvgIpc) is 2.80. The van der Waals surface area contributed by atoms with Crippen LogP contribution in [-0.4, -0.2) is 81.2 Å². The first-order valence-corrected chi connectivity index (χ1v) is 15.9. The van der Waals surface area contributed by atoms with E-state index in [9.17, 15) is 9.46 Å². The molecule has 0 aromatic rings. The summed E-state index contributed by atoms with van der Waals surface area (Å²) in [7, 11) is 1.93. The van der Waals surface area contributed by atoms with Crippen molar-refractivity contribution in [1.82, 2.24) is 0 Å². The monoisotopic (exact) mass is 539 g/mol. The first-order chi connectivity index (χ1) is 16.7. The Labute approximate surface area is 221 Å². The molecule has 0 saturated carbocycles. The first-order valence-electron chi connectivity index (χ1n) is 14.4. The van der Waals surface area contributed by atoms with E-state index in [1.807, 2.05) is 21.1 Å². The molecule has 0 aliphatic carbocycles. The van der Waals surface area contributed by atoms with Gasteiger partial charge in [0.25, 0.3) is 0 Å². The lowest BCUT2D eigenvalue weighted by Crippen LogP contribution is -2.38. The summed E-state index contributed by atoms with van der Waals surface area (Å²) in [5.74, 6) is 0. The Bertz CT molecular complexity index is 537. The van der Waals surface area contributed by atoms with Crippen LogP contribution in [0, 0.1) is 0 Å². The molecule has 1 heterocycles. The van der Waals surface area contributed by atoms with Crippen molar-refractivity contribution in [3.63, 3.8) is 0 Å². The molecule has 0 aromatic carbocycles. The number of phosphoric ester groups is 1. The molecular formula is C27H58NO7P. The third-order valence-electron chi connectivity index (χ3n) is 6.61. The van der Waals surface area contributed by atoms with Crippen LogP contribution in [0.2, 0.25) is 0 Å². The van der Waals surface area contributed by atoms with Gasteiger partial charge in [-0.15, -0.1) is 0 Å². The molecule has 1 unspecified atom stereocenters. The van der Waals surface area contributed by atoms with Crippen molar-refractivity contribution in [1.29, 1.82) is 0 Å². The summed E-state index contributed by atoms with van der Waals surface area (Å²) in [6.07, 6.45) is 21.3. The molecule has 1 saturated heterocycles. The SMILES string of the molecule is CCCCCCCCCCCCCCCCC[C@H]1CO[C@@H](COP(=O)(O)OCC[N+](C)(C)C)CO1.[OH-]. The molecule has 1 fully saturated rings. The molecule has 8 nitrogen and oxygen atoms in total. The lowest BCUT2D eigenvalue weighted by molar-refractivity contribution is -0.870. The number of unbranched alkanes of at least 4 members (excludes halogenated alkanes) is 14. The summed E-state index contributed by atoms with van der Waals surface area (Å²) in [5, 5.41) is 0. The number of hydrogen-bond donors (Lipinski definition) is 1. The van der Waals surface area contributed by atoms with E-state index in [1.165, 1.54) is 96.3 Å². The minimum Gasteiger partial charge on any atom is -0.870 e. The van der Waals surface area contributed by atoms with Gasteiger partial charge in [0.15, 0.2) is 0 Å². The summed E-state index contributed by atoms with van der Waals surface area (Å²) in [5.41, 5.74) is 0. The van der Waals surface area contributed by atoms with Gasteiger partial charge in [0, 0.05) is 0 Å². The molecule has 0 radical (unpaired) electrons. The van der Waals surface area contributed by atoms with Gasteiger partial charge in [0.1, 0.15) is 19.3 Å². The fraction of sp³-hybridized carbons (Fsp3) is 1.00. The maximum absolute atomic E-state index is 12.0. The zero-order chi connectivity index (χ0) is 25.8. The van der Waals surface area contributed by atoms with Crippen LogP contribution in [0.4, 0.5) is 0 Å². The van der Waals surface area contributed by atoms with Crippen LogP contribution >= 0.6 is 7.82 Å². The molecule has 1 aliphatic heterocycles. The number of nitrogens with zero attached hydrogens (tertiary/aromatic N) is 1. The Morgan fingerprint density at radius 3 is 1.64 bits per heavy atom. The van der Waals surface area contributed by atoms with Crippen molar-refractivity contribution < 1.29 is 37.9 Å². The Hall–Kier alpha value is -0.0500. The van der Waals surface area contributed by atoms with Crippen LogP contribution in [-0.2, 0) is 23.1 Å². The van der Waals surface area contributed by atoms with E-state index in [-0.39, 0.29) is 30.9 Å². The topological polar surface area (TPSA) is 104 Å². The molecule has 218 valence electrons. The summed E-state index contributed by atoms with van der Waals surface area (Å²) < 4.78 is 34.4. The normalized spacial score (nSPS) is 20.1. The van der Waals surface area contributed by atoms with Crippen LogP contribution in [0.3, 0.4) is 0 Å². The van der Waals surface area contributed by atoms with E-state index in [4.69, 9.17) is 18.5 Å². The second-order valence-corrected chi connectivity index (χ2v) is 12.7. The second-order valence-electron chi connectivity index (χ2n) is 11.3. The number of hydrogen-bond acceptors (Lipinski definition) is 6. The largest absolute Gasteiger partial charge is 0.870 e. The molecular weight excluding hydrogens is 481 g/mol. The van der Waals surface area contributed by atoms with E-state index in [1.54, 1.807) is 0 Å². The Kier molecular flexibility index (Phi) is 21.8. The maximum atomic E-state index is 12.0. The van der Waals surface area contributed by atoms with E-state index >= 15 is 0 Å². The Morgan fingerprint density at radius 2 is 1.19 bits per heavy atom. The lowest BCUT2D eigenvalue weighted by Gasteiger charge is -2.30. The number of quaternary nitrogens is 1.